The Morgan fingerprint density at radius 3 is 2.33 bits per heavy atom. The number of aromatic nitrogens is 2. The Balaban J connectivity index is 1.62. The van der Waals surface area contributed by atoms with E-state index in [1.165, 1.54) is 26.2 Å². The number of benzene rings is 1. The van der Waals surface area contributed by atoms with E-state index in [1.807, 2.05) is 19.9 Å². The molecule has 0 aliphatic carbocycles. The van der Waals surface area contributed by atoms with Crippen LogP contribution in [-0.2, 0) is 14.8 Å². The van der Waals surface area contributed by atoms with E-state index in [-0.39, 0.29) is 22.8 Å². The summed E-state index contributed by atoms with van der Waals surface area (Å²) in [6, 6.07) is 7.99. The summed E-state index contributed by atoms with van der Waals surface area (Å²) in [5.41, 5.74) is 1.42. The molecular weight excluding hydrogens is 440 g/mol. The van der Waals surface area contributed by atoms with Gasteiger partial charge in [0, 0.05) is 63.6 Å². The van der Waals surface area contributed by atoms with Crippen molar-refractivity contribution in [2.45, 2.75) is 44.6 Å². The van der Waals surface area contributed by atoms with Gasteiger partial charge in [-0.25, -0.2) is 22.7 Å². The fourth-order valence-electron chi connectivity index (χ4n) is 3.69. The van der Waals surface area contributed by atoms with Crippen molar-refractivity contribution >= 4 is 27.4 Å². The molecule has 1 amide bonds. The van der Waals surface area contributed by atoms with Gasteiger partial charge in [0.2, 0.25) is 15.9 Å². The number of sulfonamides is 1. The van der Waals surface area contributed by atoms with E-state index in [0.29, 0.717) is 5.69 Å². The molecule has 33 heavy (non-hydrogen) atoms. The first-order chi connectivity index (χ1) is 15.5. The first kappa shape index (κ1) is 25.1. The molecule has 1 atom stereocenters. The fraction of sp³-hybridized carbons (Fsp3) is 0.522. The largest absolute Gasteiger partial charge is 0.354 e. The molecule has 0 bridgehead atoms. The Morgan fingerprint density at radius 1 is 1.06 bits per heavy atom. The molecule has 1 aromatic heterocycles. The zero-order chi connectivity index (χ0) is 24.3. The zero-order valence-electron chi connectivity index (χ0n) is 20.2. The van der Waals surface area contributed by atoms with Crippen LogP contribution in [0.2, 0.25) is 0 Å². The van der Waals surface area contributed by atoms with Crippen LogP contribution in [0.5, 0.6) is 0 Å². The van der Waals surface area contributed by atoms with Crippen LogP contribution in [0.4, 0.5) is 11.5 Å². The predicted octanol–water partition coefficient (Wildman–Crippen LogP) is 2.31. The predicted molar refractivity (Wildman–Crippen MR) is 130 cm³/mol. The molecule has 3 rings (SSSR count). The van der Waals surface area contributed by atoms with E-state index < -0.39 is 10.0 Å². The summed E-state index contributed by atoms with van der Waals surface area (Å²) < 4.78 is 25.9. The Bertz CT molecular complexity index is 1100. The van der Waals surface area contributed by atoms with E-state index in [0.717, 1.165) is 47.8 Å². The quantitative estimate of drug-likeness (QED) is 0.657. The Morgan fingerprint density at radius 2 is 1.73 bits per heavy atom. The topological polar surface area (TPSA) is 98.7 Å². The Kier molecular flexibility index (Phi) is 7.71. The number of anilines is 2. The van der Waals surface area contributed by atoms with Gasteiger partial charge in [-0.1, -0.05) is 19.9 Å². The number of carbonyl (C=O) groups excluding carboxylic acids is 1. The third-order valence-corrected chi connectivity index (χ3v) is 7.63. The lowest BCUT2D eigenvalue weighted by molar-refractivity contribution is -0.120. The van der Waals surface area contributed by atoms with Gasteiger partial charge in [0.15, 0.2) is 0 Å². The summed E-state index contributed by atoms with van der Waals surface area (Å²) in [6.07, 6.45) is 0. The number of rotatable bonds is 7. The molecular formula is C23H34N6O3S. The second-order valence-electron chi connectivity index (χ2n) is 8.88. The van der Waals surface area contributed by atoms with Gasteiger partial charge in [0.05, 0.1) is 10.9 Å². The van der Waals surface area contributed by atoms with Gasteiger partial charge in [-0.15, -0.1) is 0 Å². The van der Waals surface area contributed by atoms with Crippen LogP contribution in [0, 0.1) is 6.92 Å². The lowest BCUT2D eigenvalue weighted by Gasteiger charge is -2.38. The van der Waals surface area contributed by atoms with Gasteiger partial charge >= 0.3 is 0 Å². The molecule has 1 N–H and O–H groups in total. The first-order valence-corrected chi connectivity index (χ1v) is 12.6. The van der Waals surface area contributed by atoms with Crippen LogP contribution < -0.4 is 10.2 Å². The van der Waals surface area contributed by atoms with Crippen LogP contribution >= 0.6 is 0 Å². The fourth-order valence-corrected chi connectivity index (χ4v) is 4.64. The van der Waals surface area contributed by atoms with E-state index in [1.54, 1.807) is 12.1 Å². The van der Waals surface area contributed by atoms with Crippen molar-refractivity contribution in [3.8, 4) is 0 Å². The standard InChI is InChI=1S/C23H34N6O3S/c1-16(2)22-24-17(3)14-21(26-22)29-12-10-28(11-13-29)18(4)23(30)25-19-8-7-9-20(15-19)33(31,32)27(5)6/h7-9,14-16,18H,10-13H2,1-6H3,(H,25,30). The molecule has 1 fully saturated rings. The van der Waals surface area contributed by atoms with E-state index in [9.17, 15) is 13.2 Å². The summed E-state index contributed by atoms with van der Waals surface area (Å²) in [5, 5.41) is 2.86. The molecule has 9 nitrogen and oxygen atoms in total. The molecule has 2 aromatic rings. The molecule has 1 aliphatic rings. The average molecular weight is 475 g/mol. The lowest BCUT2D eigenvalue weighted by Crippen LogP contribution is -2.53. The third-order valence-electron chi connectivity index (χ3n) is 5.82. The summed E-state index contributed by atoms with van der Waals surface area (Å²) in [7, 11) is -0.603. The minimum atomic E-state index is -3.56. The number of nitrogens with zero attached hydrogens (tertiary/aromatic N) is 5. The zero-order valence-corrected chi connectivity index (χ0v) is 21.1. The van der Waals surface area contributed by atoms with Crippen LogP contribution in [0.25, 0.3) is 0 Å². The van der Waals surface area contributed by atoms with Crippen molar-refractivity contribution in [3.63, 3.8) is 0 Å². The molecule has 2 heterocycles. The van der Waals surface area contributed by atoms with Crippen molar-refractivity contribution < 1.29 is 13.2 Å². The Hall–Kier alpha value is -2.56. The summed E-state index contributed by atoms with van der Waals surface area (Å²) >= 11 is 0. The number of amides is 1. The second-order valence-corrected chi connectivity index (χ2v) is 11.0. The highest BCUT2D eigenvalue weighted by atomic mass is 32.2. The van der Waals surface area contributed by atoms with Crippen LogP contribution in [-0.4, -0.2) is 79.8 Å². The maximum atomic E-state index is 12.9. The molecule has 1 aromatic carbocycles. The van der Waals surface area contributed by atoms with E-state index in [4.69, 9.17) is 4.98 Å². The minimum Gasteiger partial charge on any atom is -0.354 e. The molecule has 1 unspecified atom stereocenters. The van der Waals surface area contributed by atoms with Crippen molar-refractivity contribution in [2.24, 2.45) is 0 Å². The van der Waals surface area contributed by atoms with Gasteiger partial charge in [-0.3, -0.25) is 9.69 Å². The van der Waals surface area contributed by atoms with E-state index >= 15 is 0 Å². The Labute approximate surface area is 196 Å². The highest BCUT2D eigenvalue weighted by Crippen LogP contribution is 2.21. The molecule has 0 spiro atoms. The highest BCUT2D eigenvalue weighted by molar-refractivity contribution is 7.89. The number of hydrogen-bond acceptors (Lipinski definition) is 7. The van der Waals surface area contributed by atoms with Crippen molar-refractivity contribution in [2.75, 3.05) is 50.5 Å². The molecule has 0 saturated carbocycles. The monoisotopic (exact) mass is 474 g/mol. The molecule has 180 valence electrons. The van der Waals surface area contributed by atoms with Crippen molar-refractivity contribution in [1.29, 1.82) is 0 Å². The van der Waals surface area contributed by atoms with Crippen LogP contribution in [0.3, 0.4) is 0 Å². The maximum Gasteiger partial charge on any atom is 0.242 e. The van der Waals surface area contributed by atoms with Crippen LogP contribution in [0.1, 0.15) is 38.2 Å². The lowest BCUT2D eigenvalue weighted by atomic mass is 10.2. The van der Waals surface area contributed by atoms with Gasteiger partial charge in [-0.2, -0.15) is 0 Å². The molecule has 1 aliphatic heterocycles. The summed E-state index contributed by atoms with van der Waals surface area (Å²) in [4.78, 5) is 26.6. The SMILES string of the molecule is Cc1cc(N2CCN(C(C)C(=O)Nc3cccc(S(=O)(=O)N(C)C)c3)CC2)nc(C(C)C)n1. The van der Waals surface area contributed by atoms with Gasteiger partial charge in [-0.05, 0) is 32.0 Å². The summed E-state index contributed by atoms with van der Waals surface area (Å²) in [6.45, 7) is 11.0. The van der Waals surface area contributed by atoms with Crippen molar-refractivity contribution in [1.82, 2.24) is 19.2 Å². The minimum absolute atomic E-state index is 0.146. The number of aryl methyl sites for hydroxylation is 1. The van der Waals surface area contributed by atoms with Gasteiger partial charge in [0.25, 0.3) is 0 Å². The van der Waals surface area contributed by atoms with Crippen molar-refractivity contribution in [3.05, 3.63) is 41.9 Å². The average Bonchev–Trinajstić information content (AvgIpc) is 2.78. The highest BCUT2D eigenvalue weighted by Gasteiger charge is 2.27. The number of hydrogen-bond donors (Lipinski definition) is 1. The third kappa shape index (κ3) is 5.87. The van der Waals surface area contributed by atoms with E-state index in [2.05, 4.69) is 33.9 Å². The van der Waals surface area contributed by atoms with Crippen LogP contribution in [0.15, 0.2) is 35.2 Å². The first-order valence-electron chi connectivity index (χ1n) is 11.2. The molecule has 0 radical (unpaired) electrons. The number of carbonyl (C=O) groups is 1. The van der Waals surface area contributed by atoms with Gasteiger partial charge < -0.3 is 10.2 Å². The molecule has 10 heteroatoms. The maximum absolute atomic E-state index is 12.9. The second kappa shape index (κ2) is 10.1. The number of nitrogens with one attached hydrogen (secondary N) is 1. The normalized spacial score (nSPS) is 16.3. The van der Waals surface area contributed by atoms with Gasteiger partial charge in [0.1, 0.15) is 11.6 Å². The summed E-state index contributed by atoms with van der Waals surface area (Å²) in [5.74, 6) is 1.88. The molecule has 1 saturated heterocycles. The number of piperazine rings is 1. The smallest absolute Gasteiger partial charge is 0.242 e.